The maximum Gasteiger partial charge on any atom is 0.242 e. The van der Waals surface area contributed by atoms with Crippen molar-refractivity contribution in [1.82, 2.24) is 0 Å². The summed E-state index contributed by atoms with van der Waals surface area (Å²) < 4.78 is 0. The second kappa shape index (κ2) is 5.48. The van der Waals surface area contributed by atoms with Crippen molar-refractivity contribution in [3.8, 4) is 0 Å². The molecule has 4 nitrogen and oxygen atoms in total. The van der Waals surface area contributed by atoms with E-state index in [0.717, 1.165) is 5.56 Å². The lowest BCUT2D eigenvalue weighted by atomic mass is 10.0. The lowest BCUT2D eigenvalue weighted by Gasteiger charge is -2.10. The number of carbonyl (C=O) groups excluding carboxylic acids is 1. The van der Waals surface area contributed by atoms with Crippen LogP contribution in [0.4, 0.5) is 0 Å². The third-order valence-corrected chi connectivity index (χ3v) is 2.69. The predicted molar refractivity (Wildman–Crippen MR) is 69.9 cm³/mol. The minimum Gasteiger partial charge on any atom is -0.388 e. The van der Waals surface area contributed by atoms with Crippen molar-refractivity contribution in [2.75, 3.05) is 0 Å². The fraction of sp³-hybridized carbons (Fsp3) is 0.385. The highest BCUT2D eigenvalue weighted by Crippen LogP contribution is 2.12. The number of primary amides is 1. The smallest absolute Gasteiger partial charge is 0.242 e. The molecule has 1 atom stereocenters. The van der Waals surface area contributed by atoms with Gasteiger partial charge >= 0.3 is 0 Å². The molecule has 1 unspecified atom stereocenters. The van der Waals surface area contributed by atoms with E-state index >= 15 is 0 Å². The maximum absolute atomic E-state index is 11.3. The molecule has 0 saturated carbocycles. The Balaban J connectivity index is 2.90. The van der Waals surface area contributed by atoms with E-state index in [1.165, 1.54) is 11.1 Å². The first-order chi connectivity index (χ1) is 7.90. The number of nitrogens with two attached hydrogens (primary N) is 2. The molecule has 1 aromatic carbocycles. The molecular weight excluding hydrogens is 214 g/mol. The summed E-state index contributed by atoms with van der Waals surface area (Å²) in [7, 11) is 0. The van der Waals surface area contributed by atoms with Crippen LogP contribution in [0.1, 0.15) is 23.6 Å². The van der Waals surface area contributed by atoms with Crippen LogP contribution in [0.15, 0.2) is 23.2 Å². The SMILES string of the molecule is CC(N)=NC(Cc1ccc(C)c(C)c1)C(N)=O. The van der Waals surface area contributed by atoms with Crippen LogP contribution in [0.5, 0.6) is 0 Å². The van der Waals surface area contributed by atoms with Crippen molar-refractivity contribution in [1.29, 1.82) is 0 Å². The molecule has 0 aliphatic rings. The van der Waals surface area contributed by atoms with Crippen LogP contribution in [-0.2, 0) is 11.2 Å². The van der Waals surface area contributed by atoms with Gasteiger partial charge in [-0.05, 0) is 37.5 Å². The first-order valence-corrected chi connectivity index (χ1v) is 5.55. The highest BCUT2D eigenvalue weighted by Gasteiger charge is 2.14. The Morgan fingerprint density at radius 2 is 1.94 bits per heavy atom. The summed E-state index contributed by atoms with van der Waals surface area (Å²) in [5.74, 6) is -0.0781. The van der Waals surface area contributed by atoms with Gasteiger partial charge in [0.15, 0.2) is 0 Å². The second-order valence-corrected chi connectivity index (χ2v) is 4.31. The summed E-state index contributed by atoms with van der Waals surface area (Å²) in [6.45, 7) is 5.73. The Morgan fingerprint density at radius 3 is 2.41 bits per heavy atom. The number of nitrogens with zero attached hydrogens (tertiary/aromatic N) is 1. The Labute approximate surface area is 102 Å². The first-order valence-electron chi connectivity index (χ1n) is 5.55. The zero-order valence-corrected chi connectivity index (χ0v) is 10.5. The number of rotatable bonds is 4. The Hall–Kier alpha value is -1.84. The van der Waals surface area contributed by atoms with Gasteiger partial charge in [0.1, 0.15) is 6.04 Å². The van der Waals surface area contributed by atoms with Gasteiger partial charge in [-0.25, -0.2) is 0 Å². The minimum absolute atomic E-state index is 0.373. The van der Waals surface area contributed by atoms with E-state index in [9.17, 15) is 4.79 Å². The molecule has 0 aliphatic carbocycles. The topological polar surface area (TPSA) is 81.5 Å². The van der Waals surface area contributed by atoms with E-state index < -0.39 is 11.9 Å². The van der Waals surface area contributed by atoms with E-state index in [4.69, 9.17) is 11.5 Å². The third-order valence-electron chi connectivity index (χ3n) is 2.69. The Bertz CT molecular complexity index is 448. The molecule has 1 rings (SSSR count). The summed E-state index contributed by atoms with van der Waals surface area (Å²) in [4.78, 5) is 15.3. The Morgan fingerprint density at radius 1 is 1.29 bits per heavy atom. The van der Waals surface area contributed by atoms with Crippen LogP contribution in [0.2, 0.25) is 0 Å². The third kappa shape index (κ3) is 3.90. The first kappa shape index (κ1) is 13.2. The number of hydrogen-bond donors (Lipinski definition) is 2. The zero-order chi connectivity index (χ0) is 13.0. The number of carbonyl (C=O) groups is 1. The number of aryl methyl sites for hydroxylation is 2. The molecule has 0 aliphatic heterocycles. The van der Waals surface area contributed by atoms with E-state index in [-0.39, 0.29) is 0 Å². The molecule has 92 valence electrons. The highest BCUT2D eigenvalue weighted by atomic mass is 16.1. The van der Waals surface area contributed by atoms with Crippen molar-refractivity contribution in [3.05, 3.63) is 34.9 Å². The maximum atomic E-state index is 11.3. The van der Waals surface area contributed by atoms with Gasteiger partial charge in [0.2, 0.25) is 5.91 Å². The summed E-state index contributed by atoms with van der Waals surface area (Å²) in [6, 6.07) is 5.48. The zero-order valence-electron chi connectivity index (χ0n) is 10.5. The van der Waals surface area contributed by atoms with Gasteiger partial charge in [0.05, 0.1) is 5.84 Å². The van der Waals surface area contributed by atoms with E-state index in [2.05, 4.69) is 4.99 Å². The average molecular weight is 233 g/mol. The van der Waals surface area contributed by atoms with Crippen LogP contribution in [0.25, 0.3) is 0 Å². The molecule has 0 aromatic heterocycles. The largest absolute Gasteiger partial charge is 0.388 e. The standard InChI is InChI=1S/C13H19N3O/c1-8-4-5-11(6-9(8)2)7-12(13(15)17)16-10(3)14/h4-6,12H,7H2,1-3H3,(H2,14,16)(H2,15,17). The van der Waals surface area contributed by atoms with Gasteiger partial charge in [-0.3, -0.25) is 9.79 Å². The number of amidine groups is 1. The monoisotopic (exact) mass is 233 g/mol. The van der Waals surface area contributed by atoms with Crippen molar-refractivity contribution < 1.29 is 4.79 Å². The van der Waals surface area contributed by atoms with Crippen LogP contribution in [-0.4, -0.2) is 17.8 Å². The molecule has 0 fully saturated rings. The van der Waals surface area contributed by atoms with E-state index in [1.54, 1.807) is 6.92 Å². The highest BCUT2D eigenvalue weighted by molar-refractivity contribution is 5.85. The fourth-order valence-electron chi connectivity index (χ4n) is 1.61. The molecule has 0 heterocycles. The second-order valence-electron chi connectivity index (χ2n) is 4.31. The van der Waals surface area contributed by atoms with Crippen LogP contribution >= 0.6 is 0 Å². The summed E-state index contributed by atoms with van der Waals surface area (Å²) in [5, 5.41) is 0. The molecule has 1 aromatic rings. The van der Waals surface area contributed by atoms with Crippen molar-refractivity contribution in [3.63, 3.8) is 0 Å². The summed E-state index contributed by atoms with van der Waals surface area (Å²) in [6.07, 6.45) is 0.491. The van der Waals surface area contributed by atoms with Crippen molar-refractivity contribution in [2.45, 2.75) is 33.2 Å². The number of benzene rings is 1. The number of hydrogen-bond acceptors (Lipinski definition) is 2. The molecule has 0 radical (unpaired) electrons. The van der Waals surface area contributed by atoms with E-state index in [1.807, 2.05) is 32.0 Å². The lowest BCUT2D eigenvalue weighted by Crippen LogP contribution is -2.30. The summed E-state index contributed by atoms with van der Waals surface area (Å²) >= 11 is 0. The predicted octanol–water partition coefficient (Wildman–Crippen LogP) is 1.08. The molecule has 0 saturated heterocycles. The molecule has 4 N–H and O–H groups in total. The van der Waals surface area contributed by atoms with Crippen LogP contribution < -0.4 is 11.5 Å². The average Bonchev–Trinajstić information content (AvgIpc) is 2.21. The van der Waals surface area contributed by atoms with Gasteiger partial charge in [0.25, 0.3) is 0 Å². The Kier molecular flexibility index (Phi) is 4.26. The normalized spacial score (nSPS) is 13.5. The van der Waals surface area contributed by atoms with Crippen molar-refractivity contribution in [2.24, 2.45) is 16.5 Å². The minimum atomic E-state index is -0.581. The van der Waals surface area contributed by atoms with Gasteiger partial charge in [-0.15, -0.1) is 0 Å². The van der Waals surface area contributed by atoms with E-state index in [0.29, 0.717) is 12.3 Å². The molecule has 0 spiro atoms. The lowest BCUT2D eigenvalue weighted by molar-refractivity contribution is -0.119. The molecule has 0 bridgehead atoms. The van der Waals surface area contributed by atoms with Crippen LogP contribution in [0, 0.1) is 13.8 Å². The van der Waals surface area contributed by atoms with Crippen LogP contribution in [0.3, 0.4) is 0 Å². The number of amides is 1. The summed E-state index contributed by atoms with van der Waals surface area (Å²) in [5.41, 5.74) is 14.2. The van der Waals surface area contributed by atoms with Gasteiger partial charge in [-0.1, -0.05) is 18.2 Å². The molecule has 1 amide bonds. The van der Waals surface area contributed by atoms with Gasteiger partial charge in [-0.2, -0.15) is 0 Å². The van der Waals surface area contributed by atoms with Gasteiger partial charge < -0.3 is 11.5 Å². The molecular formula is C13H19N3O. The quantitative estimate of drug-likeness (QED) is 0.602. The van der Waals surface area contributed by atoms with Crippen molar-refractivity contribution >= 4 is 11.7 Å². The molecule has 17 heavy (non-hydrogen) atoms. The fourth-order valence-corrected chi connectivity index (χ4v) is 1.61. The molecule has 4 heteroatoms. The number of aliphatic imine (C=N–C) groups is 1. The van der Waals surface area contributed by atoms with Gasteiger partial charge in [0, 0.05) is 6.42 Å².